The molecule has 1 aliphatic rings. The number of hydrogen-bond donors (Lipinski definition) is 2. The van der Waals surface area contributed by atoms with E-state index >= 15 is 0 Å². The van der Waals surface area contributed by atoms with Crippen molar-refractivity contribution in [1.82, 2.24) is 10.6 Å². The molecule has 5 nitrogen and oxygen atoms in total. The molecule has 27 heavy (non-hydrogen) atoms. The zero-order valence-electron chi connectivity index (χ0n) is 16.2. The maximum atomic E-state index is 13.0. The first-order valence-corrected chi connectivity index (χ1v) is 9.54. The van der Waals surface area contributed by atoms with Gasteiger partial charge in [0.05, 0.1) is 0 Å². The highest BCUT2D eigenvalue weighted by atomic mass is 16.2. The number of nitrogens with zero attached hydrogens (tertiary/aromatic N) is 1. The van der Waals surface area contributed by atoms with Gasteiger partial charge in [-0.25, -0.2) is 4.79 Å². The molecule has 0 spiro atoms. The van der Waals surface area contributed by atoms with Gasteiger partial charge in [0.1, 0.15) is 0 Å². The van der Waals surface area contributed by atoms with Crippen molar-refractivity contribution >= 4 is 17.6 Å². The molecule has 0 aromatic heterocycles. The summed E-state index contributed by atoms with van der Waals surface area (Å²) >= 11 is 0. The summed E-state index contributed by atoms with van der Waals surface area (Å²) in [6, 6.07) is 15.5. The number of anilines is 1. The van der Waals surface area contributed by atoms with Crippen LogP contribution in [0.15, 0.2) is 48.5 Å². The molecular formula is C22H27N3O2. The van der Waals surface area contributed by atoms with E-state index in [-0.39, 0.29) is 24.0 Å². The fourth-order valence-corrected chi connectivity index (χ4v) is 3.35. The number of hydrogen-bond acceptors (Lipinski definition) is 2. The topological polar surface area (TPSA) is 61.4 Å². The van der Waals surface area contributed by atoms with Crippen LogP contribution in [-0.2, 0) is 13.0 Å². The standard InChI is InChI=1S/C22H27N3O2/c1-4-15(2)24-22(27)23-14-17-10-11-19-12-16(3)25(20(19)13-17)21(26)18-8-6-5-7-9-18/h5-11,13,15-16H,4,12,14H2,1-3H3,(H2,23,24,27)/t15-,16-/m0/s1. The lowest BCUT2D eigenvalue weighted by Crippen LogP contribution is -2.40. The van der Waals surface area contributed by atoms with Crippen LogP contribution in [0.5, 0.6) is 0 Å². The van der Waals surface area contributed by atoms with Crippen LogP contribution in [0.2, 0.25) is 0 Å². The maximum absolute atomic E-state index is 13.0. The molecule has 0 saturated heterocycles. The molecule has 2 aromatic carbocycles. The van der Waals surface area contributed by atoms with Crippen molar-refractivity contribution < 1.29 is 9.59 Å². The van der Waals surface area contributed by atoms with Crippen molar-refractivity contribution in [3.63, 3.8) is 0 Å². The second-order valence-corrected chi connectivity index (χ2v) is 7.19. The largest absolute Gasteiger partial charge is 0.336 e. The third-order valence-corrected chi connectivity index (χ3v) is 5.05. The average Bonchev–Trinajstić information content (AvgIpc) is 3.01. The van der Waals surface area contributed by atoms with Crippen LogP contribution in [0.1, 0.15) is 48.7 Å². The van der Waals surface area contributed by atoms with E-state index in [9.17, 15) is 9.59 Å². The lowest BCUT2D eigenvalue weighted by molar-refractivity contribution is 0.0981. The van der Waals surface area contributed by atoms with Crippen LogP contribution in [0, 0.1) is 0 Å². The van der Waals surface area contributed by atoms with E-state index < -0.39 is 0 Å². The minimum atomic E-state index is -0.171. The zero-order chi connectivity index (χ0) is 19.4. The summed E-state index contributed by atoms with van der Waals surface area (Å²) in [6.07, 6.45) is 1.73. The van der Waals surface area contributed by atoms with Crippen LogP contribution in [0.25, 0.3) is 0 Å². The van der Waals surface area contributed by atoms with Crippen LogP contribution < -0.4 is 15.5 Å². The van der Waals surface area contributed by atoms with Gasteiger partial charge in [0, 0.05) is 29.9 Å². The van der Waals surface area contributed by atoms with Gasteiger partial charge in [-0.15, -0.1) is 0 Å². The van der Waals surface area contributed by atoms with E-state index in [2.05, 4.69) is 23.6 Å². The number of nitrogens with one attached hydrogen (secondary N) is 2. The molecule has 0 fully saturated rings. The Labute approximate surface area is 160 Å². The molecule has 3 amide bonds. The monoisotopic (exact) mass is 365 g/mol. The summed E-state index contributed by atoms with van der Waals surface area (Å²) in [4.78, 5) is 26.8. The summed E-state index contributed by atoms with van der Waals surface area (Å²) in [7, 11) is 0. The predicted molar refractivity (Wildman–Crippen MR) is 108 cm³/mol. The van der Waals surface area contributed by atoms with Gasteiger partial charge in [0.15, 0.2) is 0 Å². The van der Waals surface area contributed by atoms with Crippen molar-refractivity contribution in [3.8, 4) is 0 Å². The number of fused-ring (bicyclic) bond motifs is 1. The maximum Gasteiger partial charge on any atom is 0.315 e. The molecule has 0 bridgehead atoms. The summed E-state index contributed by atoms with van der Waals surface area (Å²) in [5.41, 5.74) is 3.78. The Bertz CT molecular complexity index is 820. The van der Waals surface area contributed by atoms with Crippen LogP contribution >= 0.6 is 0 Å². The highest BCUT2D eigenvalue weighted by Crippen LogP contribution is 2.34. The molecule has 142 valence electrons. The first-order chi connectivity index (χ1) is 13.0. The van der Waals surface area contributed by atoms with Gasteiger partial charge >= 0.3 is 6.03 Å². The molecule has 0 saturated carbocycles. The van der Waals surface area contributed by atoms with Gasteiger partial charge in [0.25, 0.3) is 5.91 Å². The first-order valence-electron chi connectivity index (χ1n) is 9.54. The van der Waals surface area contributed by atoms with E-state index in [4.69, 9.17) is 0 Å². The van der Waals surface area contributed by atoms with Crippen LogP contribution in [-0.4, -0.2) is 24.0 Å². The van der Waals surface area contributed by atoms with E-state index in [0.29, 0.717) is 12.1 Å². The van der Waals surface area contributed by atoms with Crippen molar-refractivity contribution in [1.29, 1.82) is 0 Å². The SMILES string of the molecule is CC[C@H](C)NC(=O)NCc1ccc2c(c1)N(C(=O)c1ccccc1)[C@@H](C)C2. The lowest BCUT2D eigenvalue weighted by atomic mass is 10.1. The minimum absolute atomic E-state index is 0.0153. The van der Waals surface area contributed by atoms with Crippen molar-refractivity contribution in [2.45, 2.75) is 52.2 Å². The fraction of sp³-hybridized carbons (Fsp3) is 0.364. The normalized spacial score (nSPS) is 16.6. The Kier molecular flexibility index (Phi) is 5.79. The molecule has 3 rings (SSSR count). The predicted octanol–water partition coefficient (Wildman–Crippen LogP) is 3.88. The van der Waals surface area contributed by atoms with Gasteiger partial charge in [0.2, 0.25) is 0 Å². The molecule has 1 heterocycles. The molecule has 0 aliphatic carbocycles. The van der Waals surface area contributed by atoms with Crippen LogP contribution in [0.4, 0.5) is 10.5 Å². The number of benzene rings is 2. The van der Waals surface area contributed by atoms with Crippen molar-refractivity contribution in [2.75, 3.05) is 4.90 Å². The molecule has 5 heteroatoms. The van der Waals surface area contributed by atoms with E-state index in [1.54, 1.807) is 0 Å². The van der Waals surface area contributed by atoms with Gasteiger partial charge in [-0.1, -0.05) is 37.3 Å². The van der Waals surface area contributed by atoms with E-state index in [0.717, 1.165) is 24.1 Å². The fourth-order valence-electron chi connectivity index (χ4n) is 3.35. The second-order valence-electron chi connectivity index (χ2n) is 7.19. The summed E-state index contributed by atoms with van der Waals surface area (Å²) < 4.78 is 0. The second kappa shape index (κ2) is 8.25. The Balaban J connectivity index is 1.75. The van der Waals surface area contributed by atoms with E-state index in [1.165, 1.54) is 5.56 Å². The quantitative estimate of drug-likeness (QED) is 0.845. The number of carbonyl (C=O) groups excluding carboxylic acids is 2. The minimum Gasteiger partial charge on any atom is -0.336 e. The van der Waals surface area contributed by atoms with Crippen molar-refractivity contribution in [2.24, 2.45) is 0 Å². The number of amides is 3. The molecular weight excluding hydrogens is 338 g/mol. The highest BCUT2D eigenvalue weighted by Gasteiger charge is 2.31. The number of rotatable bonds is 5. The zero-order valence-corrected chi connectivity index (χ0v) is 16.2. The molecule has 1 aliphatic heterocycles. The Hall–Kier alpha value is -2.82. The van der Waals surface area contributed by atoms with Crippen molar-refractivity contribution in [3.05, 3.63) is 65.2 Å². The number of carbonyl (C=O) groups is 2. The lowest BCUT2D eigenvalue weighted by Gasteiger charge is -2.23. The van der Waals surface area contributed by atoms with Gasteiger partial charge in [-0.05, 0) is 56.0 Å². The van der Waals surface area contributed by atoms with Crippen LogP contribution in [0.3, 0.4) is 0 Å². The molecule has 2 aromatic rings. The summed E-state index contributed by atoms with van der Waals surface area (Å²) in [5.74, 6) is 0.0153. The molecule has 0 unspecified atom stereocenters. The Morgan fingerprint density at radius 3 is 2.63 bits per heavy atom. The molecule has 0 radical (unpaired) electrons. The number of urea groups is 1. The van der Waals surface area contributed by atoms with Gasteiger partial charge < -0.3 is 15.5 Å². The molecule has 2 N–H and O–H groups in total. The molecule has 2 atom stereocenters. The highest BCUT2D eigenvalue weighted by molar-refractivity contribution is 6.07. The van der Waals surface area contributed by atoms with E-state index in [1.807, 2.05) is 61.2 Å². The smallest absolute Gasteiger partial charge is 0.315 e. The van der Waals surface area contributed by atoms with Gasteiger partial charge in [-0.3, -0.25) is 4.79 Å². The summed E-state index contributed by atoms with van der Waals surface area (Å²) in [5, 5.41) is 5.78. The Morgan fingerprint density at radius 2 is 1.93 bits per heavy atom. The first kappa shape index (κ1) is 19.0. The van der Waals surface area contributed by atoms with Gasteiger partial charge in [-0.2, -0.15) is 0 Å². The third kappa shape index (κ3) is 4.30. The average molecular weight is 365 g/mol. The summed E-state index contributed by atoms with van der Waals surface area (Å²) in [6.45, 7) is 6.50. The third-order valence-electron chi connectivity index (χ3n) is 5.05. The Morgan fingerprint density at radius 1 is 1.19 bits per heavy atom.